The Morgan fingerprint density at radius 1 is 1.07 bits per heavy atom. The van der Waals surface area contributed by atoms with Crippen LogP contribution in [0.3, 0.4) is 0 Å². The van der Waals surface area contributed by atoms with E-state index in [4.69, 9.17) is 14.2 Å². The molecule has 1 saturated heterocycles. The van der Waals surface area contributed by atoms with Crippen molar-refractivity contribution in [2.45, 2.75) is 24.8 Å². The summed E-state index contributed by atoms with van der Waals surface area (Å²) in [6.07, 6.45) is 1.66. The molecule has 30 heavy (non-hydrogen) atoms. The average Bonchev–Trinajstić information content (AvgIpc) is 2.79. The zero-order valence-corrected chi connectivity index (χ0v) is 17.8. The molecule has 6 nitrogen and oxygen atoms in total. The molecule has 2 N–H and O–H groups in total. The molecule has 1 fully saturated rings. The first kappa shape index (κ1) is 21.9. The summed E-state index contributed by atoms with van der Waals surface area (Å²) in [5, 5.41) is 6.76. The van der Waals surface area contributed by atoms with Gasteiger partial charge in [-0.2, -0.15) is 0 Å². The lowest BCUT2D eigenvalue weighted by Gasteiger charge is -2.38. The van der Waals surface area contributed by atoms with E-state index < -0.39 is 0 Å². The molecule has 1 aliphatic rings. The molecule has 1 heterocycles. The smallest absolute Gasteiger partial charge is 0.191 e. The van der Waals surface area contributed by atoms with Gasteiger partial charge < -0.3 is 24.8 Å². The number of nitrogens with zero attached hydrogens (tertiary/aromatic N) is 1. The zero-order valence-electron chi connectivity index (χ0n) is 17.8. The van der Waals surface area contributed by atoms with Crippen molar-refractivity contribution in [1.29, 1.82) is 0 Å². The van der Waals surface area contributed by atoms with E-state index >= 15 is 0 Å². The van der Waals surface area contributed by atoms with Crippen molar-refractivity contribution in [3.05, 3.63) is 59.4 Å². The lowest BCUT2D eigenvalue weighted by Crippen LogP contribution is -2.48. The highest BCUT2D eigenvalue weighted by Crippen LogP contribution is 2.34. The van der Waals surface area contributed by atoms with Gasteiger partial charge in [-0.15, -0.1) is 0 Å². The third-order valence-corrected chi connectivity index (χ3v) is 5.61. The predicted molar refractivity (Wildman–Crippen MR) is 116 cm³/mol. The molecule has 162 valence electrons. The van der Waals surface area contributed by atoms with Gasteiger partial charge in [-0.3, -0.25) is 4.99 Å². The molecule has 0 saturated carbocycles. The lowest BCUT2D eigenvalue weighted by atomic mass is 9.74. The number of nitrogens with one attached hydrogen (secondary N) is 2. The molecule has 0 atom stereocenters. The van der Waals surface area contributed by atoms with Gasteiger partial charge in [0.25, 0.3) is 0 Å². The Labute approximate surface area is 177 Å². The van der Waals surface area contributed by atoms with Gasteiger partial charge >= 0.3 is 0 Å². The van der Waals surface area contributed by atoms with Crippen LogP contribution in [0.2, 0.25) is 0 Å². The van der Waals surface area contributed by atoms with Gasteiger partial charge in [-0.1, -0.05) is 18.2 Å². The molecule has 2 aromatic carbocycles. The summed E-state index contributed by atoms with van der Waals surface area (Å²) in [6, 6.07) is 12.7. The van der Waals surface area contributed by atoms with Crippen molar-refractivity contribution in [1.82, 2.24) is 10.6 Å². The molecule has 0 aromatic heterocycles. The Bertz CT molecular complexity index is 867. The summed E-state index contributed by atoms with van der Waals surface area (Å²) in [5.74, 6) is 1.86. The van der Waals surface area contributed by atoms with E-state index in [1.807, 2.05) is 24.3 Å². The molecule has 1 aliphatic heterocycles. The molecule has 0 aliphatic carbocycles. The van der Waals surface area contributed by atoms with Crippen LogP contribution < -0.4 is 20.1 Å². The molecule has 0 bridgehead atoms. The number of halogens is 1. The number of rotatable bonds is 7. The Hall–Kier alpha value is -2.80. The minimum absolute atomic E-state index is 0.193. The second-order valence-corrected chi connectivity index (χ2v) is 7.37. The summed E-state index contributed by atoms with van der Waals surface area (Å²) in [5.41, 5.74) is 1.84. The minimum Gasteiger partial charge on any atom is -0.493 e. The highest BCUT2D eigenvalue weighted by Gasteiger charge is 2.34. The van der Waals surface area contributed by atoms with Crippen molar-refractivity contribution in [2.24, 2.45) is 4.99 Å². The number of hydrogen-bond donors (Lipinski definition) is 2. The van der Waals surface area contributed by atoms with Crippen LogP contribution in [0.15, 0.2) is 47.5 Å². The number of benzene rings is 2. The van der Waals surface area contributed by atoms with E-state index in [1.54, 1.807) is 33.4 Å². The molecule has 7 heteroatoms. The number of ether oxygens (including phenoxy) is 3. The first-order chi connectivity index (χ1) is 14.6. The van der Waals surface area contributed by atoms with Crippen LogP contribution in [0.25, 0.3) is 0 Å². The summed E-state index contributed by atoms with van der Waals surface area (Å²) in [7, 11) is 4.98. The second kappa shape index (κ2) is 10.3. The first-order valence-electron chi connectivity index (χ1n) is 10.1. The summed E-state index contributed by atoms with van der Waals surface area (Å²) < 4.78 is 30.1. The Morgan fingerprint density at radius 2 is 1.83 bits per heavy atom. The summed E-state index contributed by atoms with van der Waals surface area (Å²) in [4.78, 5) is 4.34. The van der Waals surface area contributed by atoms with Gasteiger partial charge in [-0.05, 0) is 48.2 Å². The molecule has 2 aromatic rings. The number of guanidine groups is 1. The van der Waals surface area contributed by atoms with E-state index in [2.05, 4.69) is 15.6 Å². The van der Waals surface area contributed by atoms with Crippen molar-refractivity contribution >= 4 is 5.96 Å². The fourth-order valence-electron chi connectivity index (χ4n) is 3.80. The molecule has 0 unspecified atom stereocenters. The molecule has 0 amide bonds. The molecular weight excluding hydrogens is 385 g/mol. The normalized spacial score (nSPS) is 16.1. The quantitative estimate of drug-likeness (QED) is 0.537. The highest BCUT2D eigenvalue weighted by atomic mass is 19.1. The SMILES string of the molecule is CN=C(NCc1ccc(OC)c(OC)c1)NCC1(c2cccc(F)c2)CCOCC1. The predicted octanol–water partition coefficient (Wildman–Crippen LogP) is 3.26. The van der Waals surface area contributed by atoms with Crippen molar-refractivity contribution in [3.63, 3.8) is 0 Å². The Kier molecular flexibility index (Phi) is 7.52. The van der Waals surface area contributed by atoms with Crippen LogP contribution in [0.5, 0.6) is 11.5 Å². The maximum absolute atomic E-state index is 13.9. The van der Waals surface area contributed by atoms with Gasteiger partial charge in [0.1, 0.15) is 5.82 Å². The van der Waals surface area contributed by atoms with Crippen molar-refractivity contribution < 1.29 is 18.6 Å². The average molecular weight is 416 g/mol. The third-order valence-electron chi connectivity index (χ3n) is 5.61. The van der Waals surface area contributed by atoms with Gasteiger partial charge in [0.05, 0.1) is 14.2 Å². The van der Waals surface area contributed by atoms with E-state index in [0.29, 0.717) is 43.8 Å². The Morgan fingerprint density at radius 3 is 2.50 bits per heavy atom. The van der Waals surface area contributed by atoms with Crippen molar-refractivity contribution in [3.8, 4) is 11.5 Å². The van der Waals surface area contributed by atoms with Crippen LogP contribution in [0.1, 0.15) is 24.0 Å². The van der Waals surface area contributed by atoms with Crippen LogP contribution >= 0.6 is 0 Å². The highest BCUT2D eigenvalue weighted by molar-refractivity contribution is 5.79. The molecular formula is C23H30FN3O3. The first-order valence-corrected chi connectivity index (χ1v) is 10.1. The summed E-state index contributed by atoms with van der Waals surface area (Å²) >= 11 is 0. The van der Waals surface area contributed by atoms with Gasteiger partial charge in [0, 0.05) is 38.8 Å². The topological polar surface area (TPSA) is 64.1 Å². The largest absolute Gasteiger partial charge is 0.493 e. The van der Waals surface area contributed by atoms with E-state index in [1.165, 1.54) is 6.07 Å². The van der Waals surface area contributed by atoms with Crippen LogP contribution in [0, 0.1) is 5.82 Å². The number of methoxy groups -OCH3 is 2. The van der Waals surface area contributed by atoms with Gasteiger partial charge in [0.2, 0.25) is 0 Å². The zero-order chi connectivity index (χ0) is 21.4. The van der Waals surface area contributed by atoms with Crippen LogP contribution in [0.4, 0.5) is 4.39 Å². The van der Waals surface area contributed by atoms with Crippen LogP contribution in [-0.4, -0.2) is 47.0 Å². The maximum Gasteiger partial charge on any atom is 0.191 e. The van der Waals surface area contributed by atoms with E-state index in [-0.39, 0.29) is 11.2 Å². The van der Waals surface area contributed by atoms with E-state index in [9.17, 15) is 4.39 Å². The van der Waals surface area contributed by atoms with Gasteiger partial charge in [-0.25, -0.2) is 4.39 Å². The fraction of sp³-hybridized carbons (Fsp3) is 0.435. The Balaban J connectivity index is 1.66. The van der Waals surface area contributed by atoms with E-state index in [0.717, 1.165) is 24.0 Å². The molecule has 0 radical (unpaired) electrons. The number of hydrogen-bond acceptors (Lipinski definition) is 4. The minimum atomic E-state index is -0.214. The lowest BCUT2D eigenvalue weighted by molar-refractivity contribution is 0.0513. The fourth-order valence-corrected chi connectivity index (χ4v) is 3.80. The maximum atomic E-state index is 13.9. The standard InChI is InChI=1S/C23H30FN3O3/c1-25-22(26-15-17-7-8-20(28-2)21(13-17)29-3)27-16-23(9-11-30-12-10-23)18-5-4-6-19(24)14-18/h4-8,13-14H,9-12,15-16H2,1-3H3,(H2,25,26,27). The second-order valence-electron chi connectivity index (χ2n) is 7.37. The van der Waals surface area contributed by atoms with Crippen molar-refractivity contribution in [2.75, 3.05) is 41.0 Å². The molecule has 0 spiro atoms. The number of aliphatic imine (C=N–C) groups is 1. The van der Waals surface area contributed by atoms with Crippen LogP contribution in [-0.2, 0) is 16.7 Å². The molecule has 3 rings (SSSR count). The summed E-state index contributed by atoms with van der Waals surface area (Å²) in [6.45, 7) is 2.55. The monoisotopic (exact) mass is 415 g/mol. The van der Waals surface area contributed by atoms with Gasteiger partial charge in [0.15, 0.2) is 17.5 Å². The third kappa shape index (κ3) is 5.21.